The van der Waals surface area contributed by atoms with Crippen LogP contribution in [0.5, 0.6) is 0 Å². The molecule has 0 aromatic heterocycles. The van der Waals surface area contributed by atoms with Crippen LogP contribution in [0.4, 0.5) is 0 Å². The molecule has 19 heavy (non-hydrogen) atoms. The molecule has 1 N–H and O–H groups in total. The highest BCUT2D eigenvalue weighted by Gasteiger charge is 2.39. The normalized spacial score (nSPS) is 19.0. The Morgan fingerprint density at radius 3 is 2.47 bits per heavy atom. The third-order valence-corrected chi connectivity index (χ3v) is 4.95. The van der Waals surface area contributed by atoms with Gasteiger partial charge in [0.1, 0.15) is 0 Å². The summed E-state index contributed by atoms with van der Waals surface area (Å²) in [7, 11) is 3.86. The smallest absolute Gasteiger partial charge is 0.0697 e. The maximum Gasteiger partial charge on any atom is 0.0697 e. The Bertz CT molecular complexity index is 449. The standard InChI is InChI=1S/C16H24ClNO/c1-11-9-14(17)12(2)8-13(11)15(18-3)10-16(19-4)6-5-7-16/h8-9,15,18H,5-7,10H2,1-4H3. The molecule has 2 rings (SSSR count). The van der Waals surface area contributed by atoms with Crippen LogP contribution in [-0.4, -0.2) is 19.8 Å². The van der Waals surface area contributed by atoms with Gasteiger partial charge in [-0.3, -0.25) is 0 Å². The number of rotatable bonds is 5. The van der Waals surface area contributed by atoms with Gasteiger partial charge in [-0.15, -0.1) is 0 Å². The predicted molar refractivity (Wildman–Crippen MR) is 80.9 cm³/mol. The molecular weight excluding hydrogens is 258 g/mol. The monoisotopic (exact) mass is 281 g/mol. The Kier molecular flexibility index (Phi) is 4.54. The first-order chi connectivity index (χ1) is 9.01. The second kappa shape index (κ2) is 5.82. The van der Waals surface area contributed by atoms with Gasteiger partial charge in [-0.05, 0) is 69.3 Å². The van der Waals surface area contributed by atoms with Crippen LogP contribution in [0, 0.1) is 13.8 Å². The molecule has 0 amide bonds. The fraction of sp³-hybridized carbons (Fsp3) is 0.625. The molecule has 0 radical (unpaired) electrons. The first kappa shape index (κ1) is 14.8. The van der Waals surface area contributed by atoms with Gasteiger partial charge in [-0.2, -0.15) is 0 Å². The van der Waals surface area contributed by atoms with E-state index in [1.54, 1.807) is 0 Å². The van der Waals surface area contributed by atoms with E-state index in [1.807, 2.05) is 14.2 Å². The highest BCUT2D eigenvalue weighted by Crippen LogP contribution is 2.42. The van der Waals surface area contributed by atoms with E-state index in [4.69, 9.17) is 16.3 Å². The number of benzene rings is 1. The van der Waals surface area contributed by atoms with Gasteiger partial charge in [0.25, 0.3) is 0 Å². The summed E-state index contributed by atoms with van der Waals surface area (Å²) in [6, 6.07) is 4.61. The molecule has 0 heterocycles. The summed E-state index contributed by atoms with van der Waals surface area (Å²) >= 11 is 6.19. The minimum absolute atomic E-state index is 0.0770. The zero-order valence-electron chi connectivity index (χ0n) is 12.3. The van der Waals surface area contributed by atoms with Gasteiger partial charge in [0.2, 0.25) is 0 Å². The Balaban J connectivity index is 2.24. The van der Waals surface area contributed by atoms with Gasteiger partial charge in [0.05, 0.1) is 5.60 Å². The minimum atomic E-state index is 0.0770. The summed E-state index contributed by atoms with van der Waals surface area (Å²) in [6.07, 6.45) is 4.66. The third kappa shape index (κ3) is 2.96. The molecule has 1 aliphatic carbocycles. The van der Waals surface area contributed by atoms with Crippen molar-refractivity contribution in [2.75, 3.05) is 14.2 Å². The molecule has 0 aliphatic heterocycles. The quantitative estimate of drug-likeness (QED) is 0.874. The van der Waals surface area contributed by atoms with E-state index >= 15 is 0 Å². The Morgan fingerprint density at radius 1 is 1.32 bits per heavy atom. The minimum Gasteiger partial charge on any atom is -0.378 e. The SMILES string of the molecule is CNC(CC1(OC)CCC1)c1cc(C)c(Cl)cc1C. The van der Waals surface area contributed by atoms with E-state index in [9.17, 15) is 0 Å². The fourth-order valence-corrected chi connectivity index (χ4v) is 3.20. The van der Waals surface area contributed by atoms with E-state index in [-0.39, 0.29) is 5.60 Å². The van der Waals surface area contributed by atoms with E-state index in [0.29, 0.717) is 6.04 Å². The number of nitrogens with one attached hydrogen (secondary N) is 1. The van der Waals surface area contributed by atoms with E-state index in [2.05, 4.69) is 31.3 Å². The van der Waals surface area contributed by atoms with Gasteiger partial charge in [0, 0.05) is 18.2 Å². The molecule has 1 unspecified atom stereocenters. The summed E-state index contributed by atoms with van der Waals surface area (Å²) < 4.78 is 5.76. The number of methoxy groups -OCH3 is 1. The van der Waals surface area contributed by atoms with Crippen LogP contribution in [0.3, 0.4) is 0 Å². The molecule has 0 bridgehead atoms. The average molecular weight is 282 g/mol. The van der Waals surface area contributed by atoms with Crippen LogP contribution < -0.4 is 5.32 Å². The molecule has 1 aliphatic rings. The lowest BCUT2D eigenvalue weighted by molar-refractivity contribution is -0.0834. The maximum atomic E-state index is 6.19. The molecule has 1 aromatic rings. The van der Waals surface area contributed by atoms with Crippen LogP contribution >= 0.6 is 11.6 Å². The van der Waals surface area contributed by atoms with Crippen LogP contribution in [0.1, 0.15) is 48.4 Å². The molecule has 0 spiro atoms. The lowest BCUT2D eigenvalue weighted by Gasteiger charge is -2.43. The van der Waals surface area contributed by atoms with Crippen molar-refractivity contribution >= 4 is 11.6 Å². The van der Waals surface area contributed by atoms with Gasteiger partial charge >= 0.3 is 0 Å². The summed E-state index contributed by atoms with van der Waals surface area (Å²) in [6.45, 7) is 4.19. The van der Waals surface area contributed by atoms with Gasteiger partial charge in [-0.1, -0.05) is 17.7 Å². The van der Waals surface area contributed by atoms with E-state index in [0.717, 1.165) is 17.0 Å². The summed E-state index contributed by atoms with van der Waals surface area (Å²) in [5.74, 6) is 0. The molecule has 1 saturated carbocycles. The molecule has 2 nitrogen and oxygen atoms in total. The molecule has 106 valence electrons. The largest absolute Gasteiger partial charge is 0.378 e. The zero-order valence-corrected chi connectivity index (χ0v) is 13.1. The maximum absolute atomic E-state index is 6.19. The number of halogens is 1. The van der Waals surface area contributed by atoms with Crippen molar-refractivity contribution in [3.8, 4) is 0 Å². The zero-order chi connectivity index (χ0) is 14.0. The fourth-order valence-electron chi connectivity index (χ4n) is 2.98. The predicted octanol–water partition coefficient (Wildman–Crippen LogP) is 4.18. The highest BCUT2D eigenvalue weighted by molar-refractivity contribution is 6.31. The lowest BCUT2D eigenvalue weighted by atomic mass is 9.74. The number of ether oxygens (including phenoxy) is 1. The van der Waals surface area contributed by atoms with Crippen LogP contribution in [-0.2, 0) is 4.74 Å². The molecule has 1 atom stereocenters. The summed E-state index contributed by atoms with van der Waals surface area (Å²) in [4.78, 5) is 0. The van der Waals surface area contributed by atoms with E-state index in [1.165, 1.54) is 30.4 Å². The Labute approximate surface area is 121 Å². The first-order valence-electron chi connectivity index (χ1n) is 7.00. The van der Waals surface area contributed by atoms with Crippen LogP contribution in [0.2, 0.25) is 5.02 Å². The lowest BCUT2D eigenvalue weighted by Crippen LogP contribution is -2.42. The van der Waals surface area contributed by atoms with Gasteiger partial charge in [0.15, 0.2) is 0 Å². The number of hydrogen-bond donors (Lipinski definition) is 1. The highest BCUT2D eigenvalue weighted by atomic mass is 35.5. The van der Waals surface area contributed by atoms with Crippen molar-refractivity contribution in [3.63, 3.8) is 0 Å². The van der Waals surface area contributed by atoms with Crippen molar-refractivity contribution in [2.24, 2.45) is 0 Å². The number of aryl methyl sites for hydroxylation is 2. The first-order valence-corrected chi connectivity index (χ1v) is 7.38. The summed E-state index contributed by atoms with van der Waals surface area (Å²) in [5, 5.41) is 4.29. The number of hydrogen-bond acceptors (Lipinski definition) is 2. The second-order valence-corrected chi connectivity index (χ2v) is 6.15. The Hall–Kier alpha value is -0.570. The van der Waals surface area contributed by atoms with Crippen LogP contribution in [0.25, 0.3) is 0 Å². The van der Waals surface area contributed by atoms with Crippen molar-refractivity contribution in [3.05, 3.63) is 33.8 Å². The van der Waals surface area contributed by atoms with Crippen LogP contribution in [0.15, 0.2) is 12.1 Å². The molecular formula is C16H24ClNO. The molecule has 1 fully saturated rings. The summed E-state index contributed by atoms with van der Waals surface area (Å²) in [5.41, 5.74) is 3.81. The van der Waals surface area contributed by atoms with Gasteiger partial charge < -0.3 is 10.1 Å². The van der Waals surface area contributed by atoms with Crippen molar-refractivity contribution < 1.29 is 4.74 Å². The topological polar surface area (TPSA) is 21.3 Å². The molecule has 1 aromatic carbocycles. The van der Waals surface area contributed by atoms with Crippen molar-refractivity contribution in [2.45, 2.75) is 51.2 Å². The average Bonchev–Trinajstić information content (AvgIpc) is 2.34. The second-order valence-electron chi connectivity index (χ2n) is 5.74. The third-order valence-electron chi connectivity index (χ3n) is 4.55. The molecule has 3 heteroatoms. The molecule has 0 saturated heterocycles. The van der Waals surface area contributed by atoms with E-state index < -0.39 is 0 Å². The Morgan fingerprint density at radius 2 is 2.00 bits per heavy atom. The van der Waals surface area contributed by atoms with Crippen molar-refractivity contribution in [1.82, 2.24) is 5.32 Å². The van der Waals surface area contributed by atoms with Crippen molar-refractivity contribution in [1.29, 1.82) is 0 Å². The van der Waals surface area contributed by atoms with Gasteiger partial charge in [-0.25, -0.2) is 0 Å².